The average molecular weight is 357 g/mol. The molecule has 1 heterocycles. The van der Waals surface area contributed by atoms with E-state index < -0.39 is 0 Å². The molecule has 0 saturated carbocycles. The van der Waals surface area contributed by atoms with E-state index in [1.165, 1.54) is 23.1 Å². The summed E-state index contributed by atoms with van der Waals surface area (Å²) in [5, 5.41) is 2.91. The van der Waals surface area contributed by atoms with E-state index >= 15 is 0 Å². The van der Waals surface area contributed by atoms with E-state index in [9.17, 15) is 9.59 Å². The van der Waals surface area contributed by atoms with Crippen molar-refractivity contribution in [2.24, 2.45) is 5.73 Å². The van der Waals surface area contributed by atoms with Crippen LogP contribution in [0.5, 0.6) is 0 Å². The first kappa shape index (κ1) is 16.5. The molecule has 0 aliphatic heterocycles. The quantitative estimate of drug-likeness (QED) is 0.685. The summed E-state index contributed by atoms with van der Waals surface area (Å²) in [5.41, 5.74) is 8.28. The number of carbonyl (C=O) groups is 2. The van der Waals surface area contributed by atoms with Crippen LogP contribution >= 0.6 is 23.1 Å². The van der Waals surface area contributed by atoms with Gasteiger partial charge >= 0.3 is 0 Å². The molecule has 122 valence electrons. The summed E-state index contributed by atoms with van der Waals surface area (Å²) in [6.45, 7) is 1.91. The Hall–Kier alpha value is -2.38. The number of benzene rings is 2. The third-order valence-corrected chi connectivity index (χ3v) is 5.54. The summed E-state index contributed by atoms with van der Waals surface area (Å²) in [6.07, 6.45) is 0. The van der Waals surface area contributed by atoms with Gasteiger partial charge in [0.25, 0.3) is 5.91 Å². The Morgan fingerprint density at radius 1 is 1.25 bits per heavy atom. The average Bonchev–Trinajstić information content (AvgIpc) is 2.95. The second-order valence-electron chi connectivity index (χ2n) is 5.19. The minimum atomic E-state index is -0.370. The van der Waals surface area contributed by atoms with Crippen molar-refractivity contribution < 1.29 is 9.59 Å². The van der Waals surface area contributed by atoms with Crippen LogP contribution in [0.4, 0.5) is 5.69 Å². The molecule has 3 N–H and O–H groups in total. The molecule has 0 aliphatic carbocycles. The maximum absolute atomic E-state index is 12.4. The first-order valence-corrected chi connectivity index (χ1v) is 9.02. The molecule has 2 aromatic carbocycles. The normalized spacial score (nSPS) is 10.7. The molecule has 0 atom stereocenters. The zero-order chi connectivity index (χ0) is 17.1. The van der Waals surface area contributed by atoms with Crippen LogP contribution in [0.3, 0.4) is 0 Å². The number of nitrogens with zero attached hydrogens (tertiary/aromatic N) is 1. The molecule has 0 saturated heterocycles. The van der Waals surface area contributed by atoms with Gasteiger partial charge in [0.05, 0.1) is 16.0 Å². The van der Waals surface area contributed by atoms with Crippen LogP contribution in [0.1, 0.15) is 15.9 Å². The predicted molar refractivity (Wildman–Crippen MR) is 98.7 cm³/mol. The summed E-state index contributed by atoms with van der Waals surface area (Å²) in [6, 6.07) is 13.0. The van der Waals surface area contributed by atoms with Crippen molar-refractivity contribution in [1.82, 2.24) is 4.98 Å². The summed E-state index contributed by atoms with van der Waals surface area (Å²) in [4.78, 5) is 27.7. The monoisotopic (exact) mass is 357 g/mol. The molecule has 2 amide bonds. The molecule has 5 nitrogen and oxygen atoms in total. The van der Waals surface area contributed by atoms with Crippen LogP contribution in [0, 0.1) is 6.92 Å². The molecule has 7 heteroatoms. The highest BCUT2D eigenvalue weighted by Crippen LogP contribution is 2.31. The van der Waals surface area contributed by atoms with E-state index in [0.29, 0.717) is 11.3 Å². The second kappa shape index (κ2) is 7.02. The Kier molecular flexibility index (Phi) is 4.82. The summed E-state index contributed by atoms with van der Waals surface area (Å²) in [5.74, 6) is -0.304. The number of aromatic nitrogens is 1. The zero-order valence-corrected chi connectivity index (χ0v) is 14.5. The van der Waals surface area contributed by atoms with Crippen molar-refractivity contribution in [2.75, 3.05) is 11.1 Å². The number of nitrogens with two attached hydrogens (primary N) is 1. The number of thiazole rings is 1. The Morgan fingerprint density at radius 2 is 2.04 bits per heavy atom. The molecule has 0 radical (unpaired) electrons. The number of carbonyl (C=O) groups excluding carboxylic acids is 2. The number of anilines is 1. The Bertz CT molecular complexity index is 921. The lowest BCUT2D eigenvalue weighted by Crippen LogP contribution is -2.13. The highest BCUT2D eigenvalue weighted by molar-refractivity contribution is 8.01. The summed E-state index contributed by atoms with van der Waals surface area (Å²) >= 11 is 2.79. The zero-order valence-electron chi connectivity index (χ0n) is 12.9. The van der Waals surface area contributed by atoms with Gasteiger partial charge < -0.3 is 11.1 Å². The molecular weight excluding hydrogens is 342 g/mol. The Balaban J connectivity index is 1.79. The van der Waals surface area contributed by atoms with Crippen LogP contribution in [0.15, 0.2) is 46.8 Å². The number of primary amides is 1. The molecule has 3 aromatic rings. The summed E-state index contributed by atoms with van der Waals surface area (Å²) in [7, 11) is 0. The molecule has 0 spiro atoms. The fourth-order valence-corrected chi connectivity index (χ4v) is 4.05. The number of hydrogen-bond donors (Lipinski definition) is 2. The van der Waals surface area contributed by atoms with Gasteiger partial charge in [0.1, 0.15) is 0 Å². The SMILES string of the molecule is Cc1ccccc1C(=O)Nc1ccc2nc(SCC(N)=O)sc2c1. The highest BCUT2D eigenvalue weighted by Gasteiger charge is 2.11. The largest absolute Gasteiger partial charge is 0.369 e. The smallest absolute Gasteiger partial charge is 0.255 e. The van der Waals surface area contributed by atoms with Gasteiger partial charge in [0.2, 0.25) is 5.91 Å². The highest BCUT2D eigenvalue weighted by atomic mass is 32.2. The fraction of sp³-hybridized carbons (Fsp3) is 0.118. The van der Waals surface area contributed by atoms with Gasteiger partial charge in [-0.2, -0.15) is 0 Å². The minimum Gasteiger partial charge on any atom is -0.369 e. The van der Waals surface area contributed by atoms with Gasteiger partial charge in [0.15, 0.2) is 4.34 Å². The van der Waals surface area contributed by atoms with E-state index in [2.05, 4.69) is 10.3 Å². The lowest BCUT2D eigenvalue weighted by Gasteiger charge is -2.07. The second-order valence-corrected chi connectivity index (χ2v) is 7.44. The van der Waals surface area contributed by atoms with E-state index in [4.69, 9.17) is 5.73 Å². The predicted octanol–water partition coefficient (Wildman–Crippen LogP) is 3.43. The van der Waals surface area contributed by atoms with Crippen LogP contribution in [0.25, 0.3) is 10.2 Å². The number of rotatable bonds is 5. The number of hydrogen-bond acceptors (Lipinski definition) is 5. The molecule has 24 heavy (non-hydrogen) atoms. The van der Waals surface area contributed by atoms with Crippen LogP contribution in [0.2, 0.25) is 0 Å². The number of fused-ring (bicyclic) bond motifs is 1. The molecule has 1 aromatic heterocycles. The van der Waals surface area contributed by atoms with E-state index in [0.717, 1.165) is 20.1 Å². The van der Waals surface area contributed by atoms with Gasteiger partial charge in [-0.05, 0) is 36.8 Å². The van der Waals surface area contributed by atoms with Crippen LogP contribution < -0.4 is 11.1 Å². The molecule has 0 fully saturated rings. The number of thioether (sulfide) groups is 1. The first-order valence-electron chi connectivity index (χ1n) is 7.21. The maximum atomic E-state index is 12.4. The Labute approximate surface area is 147 Å². The first-order chi connectivity index (χ1) is 11.5. The van der Waals surface area contributed by atoms with Gasteiger partial charge in [0, 0.05) is 11.3 Å². The fourth-order valence-electron chi connectivity index (χ4n) is 2.20. The van der Waals surface area contributed by atoms with Crippen molar-refractivity contribution in [3.63, 3.8) is 0 Å². The molecule has 3 rings (SSSR count). The van der Waals surface area contributed by atoms with Crippen molar-refractivity contribution in [1.29, 1.82) is 0 Å². The van der Waals surface area contributed by atoms with E-state index in [1.54, 1.807) is 6.07 Å². The lowest BCUT2D eigenvalue weighted by molar-refractivity contribution is -0.115. The van der Waals surface area contributed by atoms with Gasteiger partial charge in [-0.25, -0.2) is 4.98 Å². The topological polar surface area (TPSA) is 85.1 Å². The number of aryl methyl sites for hydroxylation is 1. The third kappa shape index (κ3) is 3.74. The van der Waals surface area contributed by atoms with Gasteiger partial charge in [-0.3, -0.25) is 9.59 Å². The van der Waals surface area contributed by atoms with Crippen LogP contribution in [-0.2, 0) is 4.79 Å². The molecule has 0 aliphatic rings. The Morgan fingerprint density at radius 3 is 2.79 bits per heavy atom. The molecule has 0 unspecified atom stereocenters. The van der Waals surface area contributed by atoms with Gasteiger partial charge in [-0.1, -0.05) is 30.0 Å². The molecule has 0 bridgehead atoms. The van der Waals surface area contributed by atoms with Crippen molar-refractivity contribution in [3.8, 4) is 0 Å². The van der Waals surface area contributed by atoms with Crippen molar-refractivity contribution in [3.05, 3.63) is 53.6 Å². The van der Waals surface area contributed by atoms with E-state index in [-0.39, 0.29) is 17.6 Å². The maximum Gasteiger partial charge on any atom is 0.255 e. The molecular formula is C17H15N3O2S2. The van der Waals surface area contributed by atoms with Crippen molar-refractivity contribution in [2.45, 2.75) is 11.3 Å². The summed E-state index contributed by atoms with van der Waals surface area (Å²) < 4.78 is 1.73. The third-order valence-electron chi connectivity index (χ3n) is 3.35. The number of amides is 2. The van der Waals surface area contributed by atoms with Crippen molar-refractivity contribution >= 4 is 50.8 Å². The van der Waals surface area contributed by atoms with Gasteiger partial charge in [-0.15, -0.1) is 11.3 Å². The lowest BCUT2D eigenvalue weighted by atomic mass is 10.1. The van der Waals surface area contributed by atoms with E-state index in [1.807, 2.05) is 43.3 Å². The number of nitrogens with one attached hydrogen (secondary N) is 1. The van der Waals surface area contributed by atoms with Crippen LogP contribution in [-0.4, -0.2) is 22.6 Å². The standard InChI is InChI=1S/C17H15N3O2S2/c1-10-4-2-3-5-12(10)16(22)19-11-6-7-13-14(8-11)24-17(20-13)23-9-15(18)21/h2-8H,9H2,1H3,(H2,18,21)(H,19,22). The minimum absolute atomic E-state index is 0.139.